The van der Waals surface area contributed by atoms with E-state index in [0.717, 1.165) is 5.52 Å². The molecule has 1 aromatic carbocycles. The molecule has 0 amide bonds. The molecule has 0 atom stereocenters. The second-order valence-electron chi connectivity index (χ2n) is 2.20. The molecule has 1 aromatic heterocycles. The van der Waals surface area contributed by atoms with Gasteiger partial charge in [-0.25, -0.2) is 0 Å². The van der Waals surface area contributed by atoms with Crippen LogP contribution in [0.2, 0.25) is 0 Å². The molecule has 12 heavy (non-hydrogen) atoms. The van der Waals surface area contributed by atoms with E-state index in [1.54, 1.807) is 0 Å². The Balaban J connectivity index is 0.000000605. The average Bonchev–Trinajstić information content (AvgIpc) is 2.05. The van der Waals surface area contributed by atoms with E-state index in [9.17, 15) is 0 Å². The summed E-state index contributed by atoms with van der Waals surface area (Å²) in [4.78, 5) is 4.18. The van der Waals surface area contributed by atoms with Crippen molar-refractivity contribution < 1.29 is 27.7 Å². The molecule has 0 unspecified atom stereocenters. The SMILES string of the molecule is S.[Hg].c1ccc2ncccc2c1. The maximum atomic E-state index is 4.18. The van der Waals surface area contributed by atoms with Gasteiger partial charge in [0.1, 0.15) is 0 Å². The molecule has 1 heterocycles. The molecule has 2 aromatic rings. The van der Waals surface area contributed by atoms with Gasteiger partial charge in [-0.2, -0.15) is 13.5 Å². The fraction of sp³-hybridized carbons (Fsp3) is 0. The predicted octanol–water partition coefficient (Wildman–Crippen LogP) is 2.35. The van der Waals surface area contributed by atoms with Crippen molar-refractivity contribution in [2.75, 3.05) is 0 Å². The number of fused-ring (bicyclic) bond motifs is 1. The molecule has 0 aliphatic heterocycles. The van der Waals surface area contributed by atoms with Gasteiger partial charge in [0, 0.05) is 39.3 Å². The molecule has 0 radical (unpaired) electrons. The molecule has 3 heteroatoms. The number of benzene rings is 1. The average molecular weight is 364 g/mol. The summed E-state index contributed by atoms with van der Waals surface area (Å²) in [6.45, 7) is 0. The maximum absolute atomic E-state index is 4.18. The Morgan fingerprint density at radius 2 is 1.58 bits per heavy atom. The van der Waals surface area contributed by atoms with Crippen molar-refractivity contribution in [3.63, 3.8) is 0 Å². The molecule has 0 saturated carbocycles. The van der Waals surface area contributed by atoms with E-state index >= 15 is 0 Å². The Labute approximate surface area is 99.2 Å². The van der Waals surface area contributed by atoms with Crippen molar-refractivity contribution in [2.45, 2.75) is 0 Å². The van der Waals surface area contributed by atoms with Crippen molar-refractivity contribution in [3.8, 4) is 0 Å². The first-order chi connectivity index (χ1) is 4.97. The van der Waals surface area contributed by atoms with Crippen LogP contribution in [0.25, 0.3) is 10.9 Å². The van der Waals surface area contributed by atoms with E-state index in [2.05, 4.69) is 17.1 Å². The molecule has 0 N–H and O–H groups in total. The molecule has 0 aliphatic carbocycles. The first-order valence-electron chi connectivity index (χ1n) is 3.26. The number of aromatic nitrogens is 1. The zero-order valence-corrected chi connectivity index (χ0v) is 13.2. The number of pyridine rings is 1. The van der Waals surface area contributed by atoms with E-state index in [0.29, 0.717) is 0 Å². The Morgan fingerprint density at radius 3 is 2.33 bits per heavy atom. The summed E-state index contributed by atoms with van der Waals surface area (Å²) in [7, 11) is 0. The van der Waals surface area contributed by atoms with Crippen molar-refractivity contribution in [2.24, 2.45) is 0 Å². The minimum Gasteiger partial charge on any atom is -0.256 e. The Bertz CT molecular complexity index is 286. The van der Waals surface area contributed by atoms with Gasteiger partial charge in [-0.3, -0.25) is 4.98 Å². The van der Waals surface area contributed by atoms with Crippen molar-refractivity contribution in [1.29, 1.82) is 0 Å². The van der Waals surface area contributed by atoms with Crippen molar-refractivity contribution in [1.82, 2.24) is 4.98 Å². The molecule has 0 fully saturated rings. The molecule has 0 saturated heterocycles. The van der Waals surface area contributed by atoms with Gasteiger partial charge < -0.3 is 0 Å². The smallest absolute Gasteiger partial charge is 0.0701 e. The third-order valence-electron chi connectivity index (χ3n) is 1.51. The summed E-state index contributed by atoms with van der Waals surface area (Å²) in [6, 6.07) is 12.1. The van der Waals surface area contributed by atoms with E-state index < -0.39 is 0 Å². The van der Waals surface area contributed by atoms with Crippen LogP contribution in [0, 0.1) is 0 Å². The summed E-state index contributed by atoms with van der Waals surface area (Å²) >= 11 is 0. The van der Waals surface area contributed by atoms with Gasteiger partial charge in [0.2, 0.25) is 0 Å². The van der Waals surface area contributed by atoms with Crippen LogP contribution in [0.5, 0.6) is 0 Å². The summed E-state index contributed by atoms with van der Waals surface area (Å²) in [5.41, 5.74) is 1.06. The van der Waals surface area contributed by atoms with Gasteiger partial charge >= 0.3 is 0 Å². The molecule has 0 bridgehead atoms. The van der Waals surface area contributed by atoms with Gasteiger partial charge in [-0.15, -0.1) is 0 Å². The molecular weight excluding hydrogens is 355 g/mol. The summed E-state index contributed by atoms with van der Waals surface area (Å²) in [6.07, 6.45) is 1.81. The molecule has 0 aliphatic rings. The molecule has 58 valence electrons. The Hall–Kier alpha value is -0.0849. The monoisotopic (exact) mass is 365 g/mol. The van der Waals surface area contributed by atoms with Crippen molar-refractivity contribution >= 4 is 24.4 Å². The normalized spacial score (nSPS) is 8.33. The first kappa shape index (κ1) is 11.9. The summed E-state index contributed by atoms with van der Waals surface area (Å²) in [5.74, 6) is 0. The zero-order chi connectivity index (χ0) is 6.81. The van der Waals surface area contributed by atoms with Crippen LogP contribution in [-0.4, -0.2) is 4.98 Å². The van der Waals surface area contributed by atoms with E-state index in [4.69, 9.17) is 0 Å². The Morgan fingerprint density at radius 1 is 0.917 bits per heavy atom. The molecule has 2 rings (SSSR count). The topological polar surface area (TPSA) is 12.9 Å². The van der Waals surface area contributed by atoms with Crippen LogP contribution in [0.15, 0.2) is 42.6 Å². The molecular formula is C9H9HgNS. The summed E-state index contributed by atoms with van der Waals surface area (Å²) < 4.78 is 0. The van der Waals surface area contributed by atoms with E-state index in [1.165, 1.54) is 5.39 Å². The van der Waals surface area contributed by atoms with Crippen LogP contribution in [0.3, 0.4) is 0 Å². The van der Waals surface area contributed by atoms with Crippen LogP contribution < -0.4 is 0 Å². The quantitative estimate of drug-likeness (QED) is 0.655. The number of nitrogens with zero attached hydrogens (tertiary/aromatic N) is 1. The number of hydrogen-bond acceptors (Lipinski definition) is 1. The minimum absolute atomic E-state index is 0. The zero-order valence-electron chi connectivity index (χ0n) is 6.70. The number of hydrogen-bond donors (Lipinski definition) is 0. The van der Waals surface area contributed by atoms with Crippen LogP contribution in [-0.2, 0) is 27.7 Å². The van der Waals surface area contributed by atoms with E-state index in [-0.39, 0.29) is 41.2 Å². The number of rotatable bonds is 0. The molecule has 0 spiro atoms. The van der Waals surface area contributed by atoms with Crippen LogP contribution >= 0.6 is 13.5 Å². The molecule has 1 nitrogen and oxygen atoms in total. The second-order valence-corrected chi connectivity index (χ2v) is 2.20. The predicted molar refractivity (Wildman–Crippen MR) is 52.1 cm³/mol. The fourth-order valence-corrected chi connectivity index (χ4v) is 1.02. The van der Waals surface area contributed by atoms with E-state index in [1.807, 2.05) is 30.5 Å². The van der Waals surface area contributed by atoms with Gasteiger partial charge in [-0.1, -0.05) is 24.3 Å². The first-order valence-corrected chi connectivity index (χ1v) is 3.26. The van der Waals surface area contributed by atoms with Crippen LogP contribution in [0.4, 0.5) is 0 Å². The van der Waals surface area contributed by atoms with Gasteiger partial charge in [-0.05, 0) is 12.1 Å². The Kier molecular flexibility index (Phi) is 5.50. The summed E-state index contributed by atoms with van der Waals surface area (Å²) in [5, 5.41) is 1.20. The largest absolute Gasteiger partial charge is 0.256 e. The van der Waals surface area contributed by atoms with Gasteiger partial charge in [0.05, 0.1) is 5.52 Å². The minimum atomic E-state index is 0. The standard InChI is InChI=1S/C9H7N.Hg.H2S/c1-2-6-9-8(4-1)5-3-7-10-9;;/h1-7H;;1H2. The van der Waals surface area contributed by atoms with Crippen LogP contribution in [0.1, 0.15) is 0 Å². The van der Waals surface area contributed by atoms with Gasteiger partial charge in [0.15, 0.2) is 0 Å². The van der Waals surface area contributed by atoms with Gasteiger partial charge in [0.25, 0.3) is 0 Å². The second kappa shape index (κ2) is 5.54. The fourth-order valence-electron chi connectivity index (χ4n) is 1.02. The number of para-hydroxylation sites is 1. The maximum Gasteiger partial charge on any atom is 0.0701 e. The third-order valence-corrected chi connectivity index (χ3v) is 1.51. The third kappa shape index (κ3) is 2.46. The van der Waals surface area contributed by atoms with Crippen molar-refractivity contribution in [3.05, 3.63) is 42.6 Å².